The van der Waals surface area contributed by atoms with E-state index in [0.717, 1.165) is 16.4 Å². The van der Waals surface area contributed by atoms with Gasteiger partial charge in [0.25, 0.3) is 10.0 Å². The summed E-state index contributed by atoms with van der Waals surface area (Å²) < 4.78 is 58.5. The first-order valence-corrected chi connectivity index (χ1v) is 14.6. The van der Waals surface area contributed by atoms with E-state index in [2.05, 4.69) is 5.32 Å². The summed E-state index contributed by atoms with van der Waals surface area (Å²) in [4.78, 5) is 28.1. The van der Waals surface area contributed by atoms with Crippen molar-refractivity contribution >= 4 is 27.5 Å². The van der Waals surface area contributed by atoms with Gasteiger partial charge >= 0.3 is 0 Å². The molecule has 1 N–H and O–H groups in total. The molecule has 0 aliphatic heterocycles. The molecule has 1 atom stereocenters. The summed E-state index contributed by atoms with van der Waals surface area (Å²) in [6, 6.07) is 14.6. The van der Waals surface area contributed by atoms with Crippen LogP contribution in [0, 0.1) is 5.82 Å². The fourth-order valence-electron chi connectivity index (χ4n) is 4.20. The number of sulfonamides is 1. The first-order valence-electron chi connectivity index (χ1n) is 13.1. The van der Waals surface area contributed by atoms with E-state index in [4.69, 9.17) is 14.2 Å². The van der Waals surface area contributed by atoms with E-state index in [0.29, 0.717) is 17.1 Å². The Morgan fingerprint density at radius 2 is 1.55 bits per heavy atom. The summed E-state index contributed by atoms with van der Waals surface area (Å²) >= 11 is 0. The molecule has 3 aromatic rings. The molecule has 0 spiro atoms. The number of nitrogens with zero attached hydrogens (tertiary/aromatic N) is 2. The second-order valence-electron chi connectivity index (χ2n) is 9.72. The highest BCUT2D eigenvalue weighted by molar-refractivity contribution is 7.92. The molecule has 0 aliphatic rings. The maximum absolute atomic E-state index is 14.0. The van der Waals surface area contributed by atoms with Crippen molar-refractivity contribution in [2.45, 2.75) is 44.3 Å². The third-order valence-corrected chi connectivity index (χ3v) is 8.19. The van der Waals surface area contributed by atoms with Crippen LogP contribution in [-0.4, -0.2) is 65.1 Å². The number of methoxy groups -OCH3 is 3. The van der Waals surface area contributed by atoms with Crippen LogP contribution >= 0.6 is 0 Å². The Morgan fingerprint density at radius 3 is 2.14 bits per heavy atom. The highest BCUT2D eigenvalue weighted by atomic mass is 32.2. The monoisotopic (exact) mass is 601 g/mol. The molecular formula is C30H36FN3O7S. The second-order valence-corrected chi connectivity index (χ2v) is 11.6. The molecule has 0 fully saturated rings. The zero-order chi connectivity index (χ0) is 31.0. The molecule has 10 nitrogen and oxygen atoms in total. The fourth-order valence-corrected chi connectivity index (χ4v) is 5.63. The van der Waals surface area contributed by atoms with Crippen molar-refractivity contribution in [2.24, 2.45) is 0 Å². The van der Waals surface area contributed by atoms with Crippen LogP contribution < -0.4 is 23.8 Å². The van der Waals surface area contributed by atoms with Gasteiger partial charge in [-0.3, -0.25) is 13.9 Å². The lowest BCUT2D eigenvalue weighted by Gasteiger charge is -2.32. The van der Waals surface area contributed by atoms with Crippen LogP contribution in [0.4, 0.5) is 10.1 Å². The van der Waals surface area contributed by atoms with Crippen molar-refractivity contribution in [1.29, 1.82) is 0 Å². The van der Waals surface area contributed by atoms with Crippen LogP contribution in [0.25, 0.3) is 0 Å². The van der Waals surface area contributed by atoms with E-state index < -0.39 is 40.2 Å². The minimum atomic E-state index is -4.39. The zero-order valence-corrected chi connectivity index (χ0v) is 25.3. The van der Waals surface area contributed by atoms with E-state index in [-0.39, 0.29) is 28.9 Å². The van der Waals surface area contributed by atoms with Gasteiger partial charge in [-0.2, -0.15) is 0 Å². The van der Waals surface area contributed by atoms with Crippen molar-refractivity contribution in [1.82, 2.24) is 10.2 Å². The molecule has 0 unspecified atom stereocenters. The topological polar surface area (TPSA) is 114 Å². The van der Waals surface area contributed by atoms with Crippen molar-refractivity contribution in [3.05, 3.63) is 78.1 Å². The standard InChI is InChI=1S/C30H36FN3O7S/c1-20(2)32-30(36)21(3)33(18-22-8-7-9-25(16-22)39-4)29(35)19-34(24-12-10-23(31)11-13-24)42(37,38)26-14-15-27(40-5)28(17-26)41-6/h7-17,20-21H,18-19H2,1-6H3,(H,32,36)/t21-/m1/s1. The Labute approximate surface area is 246 Å². The zero-order valence-electron chi connectivity index (χ0n) is 24.5. The van der Waals surface area contributed by atoms with Gasteiger partial charge in [0.15, 0.2) is 11.5 Å². The van der Waals surface area contributed by atoms with Crippen LogP contribution in [0.1, 0.15) is 26.3 Å². The Kier molecular flexibility index (Phi) is 10.8. The SMILES string of the molecule is COc1cccc(CN(C(=O)CN(c2ccc(F)cc2)S(=O)(=O)c2ccc(OC)c(OC)c2)[C@H](C)C(=O)NC(C)C)c1. The van der Waals surface area contributed by atoms with Gasteiger partial charge in [-0.05, 0) is 74.9 Å². The number of ether oxygens (including phenoxy) is 3. The largest absolute Gasteiger partial charge is 0.497 e. The van der Waals surface area contributed by atoms with Crippen molar-refractivity contribution in [2.75, 3.05) is 32.2 Å². The molecule has 12 heteroatoms. The van der Waals surface area contributed by atoms with Crippen LogP contribution in [-0.2, 0) is 26.2 Å². The third-order valence-electron chi connectivity index (χ3n) is 6.42. The predicted octanol–water partition coefficient (Wildman–Crippen LogP) is 3.99. The van der Waals surface area contributed by atoms with Gasteiger partial charge in [-0.1, -0.05) is 12.1 Å². The maximum atomic E-state index is 14.0. The molecule has 0 aromatic heterocycles. The molecule has 0 saturated heterocycles. The van der Waals surface area contributed by atoms with Crippen LogP contribution in [0.3, 0.4) is 0 Å². The number of amides is 2. The Morgan fingerprint density at radius 1 is 0.881 bits per heavy atom. The van der Waals surface area contributed by atoms with Crippen LogP contribution in [0.15, 0.2) is 71.6 Å². The molecule has 2 amide bonds. The van der Waals surface area contributed by atoms with Gasteiger partial charge in [0.2, 0.25) is 11.8 Å². The normalized spacial score (nSPS) is 11.9. The molecule has 0 aliphatic carbocycles. The highest BCUT2D eigenvalue weighted by Gasteiger charge is 2.33. The smallest absolute Gasteiger partial charge is 0.264 e. The summed E-state index contributed by atoms with van der Waals surface area (Å²) in [7, 11) is -0.0898. The molecule has 226 valence electrons. The summed E-state index contributed by atoms with van der Waals surface area (Å²) in [6.07, 6.45) is 0. The maximum Gasteiger partial charge on any atom is 0.264 e. The van der Waals surface area contributed by atoms with Gasteiger partial charge in [0, 0.05) is 18.7 Å². The highest BCUT2D eigenvalue weighted by Crippen LogP contribution is 2.32. The molecule has 42 heavy (non-hydrogen) atoms. The molecule has 3 rings (SSSR count). The lowest BCUT2D eigenvalue weighted by molar-refractivity contribution is -0.139. The van der Waals surface area contributed by atoms with E-state index in [1.165, 1.54) is 56.6 Å². The van der Waals surface area contributed by atoms with Gasteiger partial charge in [-0.15, -0.1) is 0 Å². The Balaban J connectivity index is 2.07. The number of anilines is 1. The number of hydrogen-bond acceptors (Lipinski definition) is 7. The average Bonchev–Trinajstić information content (AvgIpc) is 2.97. The van der Waals surface area contributed by atoms with Gasteiger partial charge in [-0.25, -0.2) is 12.8 Å². The number of rotatable bonds is 13. The number of halogens is 1. The lowest BCUT2D eigenvalue weighted by atomic mass is 10.1. The molecular weight excluding hydrogens is 565 g/mol. The van der Waals surface area contributed by atoms with E-state index in [9.17, 15) is 22.4 Å². The van der Waals surface area contributed by atoms with E-state index in [1.807, 2.05) is 0 Å². The minimum Gasteiger partial charge on any atom is -0.497 e. The van der Waals surface area contributed by atoms with E-state index in [1.54, 1.807) is 45.0 Å². The number of carbonyl (C=O) groups excluding carboxylic acids is 2. The summed E-state index contributed by atoms with van der Waals surface area (Å²) in [6.45, 7) is 4.48. The molecule has 0 heterocycles. The summed E-state index contributed by atoms with van der Waals surface area (Å²) in [5, 5.41) is 2.80. The number of hydrogen-bond donors (Lipinski definition) is 1. The average molecular weight is 602 g/mol. The van der Waals surface area contributed by atoms with Crippen LogP contribution in [0.2, 0.25) is 0 Å². The molecule has 0 saturated carbocycles. The summed E-state index contributed by atoms with van der Waals surface area (Å²) in [5.74, 6) is -0.594. The number of benzene rings is 3. The Bertz CT molecular complexity index is 1500. The molecule has 0 bridgehead atoms. The van der Waals surface area contributed by atoms with Crippen molar-refractivity contribution < 1.29 is 36.6 Å². The molecule has 0 radical (unpaired) electrons. The van der Waals surface area contributed by atoms with Crippen LogP contribution in [0.5, 0.6) is 17.2 Å². The Hall–Kier alpha value is -4.32. The third kappa shape index (κ3) is 7.69. The molecule has 3 aromatic carbocycles. The summed E-state index contributed by atoms with van der Waals surface area (Å²) in [5.41, 5.74) is 0.725. The first-order chi connectivity index (χ1) is 19.9. The predicted molar refractivity (Wildman–Crippen MR) is 157 cm³/mol. The number of nitrogens with one attached hydrogen (secondary N) is 1. The van der Waals surface area contributed by atoms with Gasteiger partial charge in [0.1, 0.15) is 24.2 Å². The second kappa shape index (κ2) is 14.0. The lowest BCUT2D eigenvalue weighted by Crippen LogP contribution is -2.52. The first kappa shape index (κ1) is 32.2. The quantitative estimate of drug-likeness (QED) is 0.315. The van der Waals surface area contributed by atoms with Gasteiger partial charge < -0.3 is 24.4 Å². The number of carbonyl (C=O) groups is 2. The van der Waals surface area contributed by atoms with E-state index >= 15 is 0 Å². The minimum absolute atomic E-state index is 0.00359. The van der Waals surface area contributed by atoms with Crippen molar-refractivity contribution in [3.63, 3.8) is 0 Å². The van der Waals surface area contributed by atoms with Gasteiger partial charge in [0.05, 0.1) is 31.9 Å². The fraction of sp³-hybridized carbons (Fsp3) is 0.333. The van der Waals surface area contributed by atoms with Crippen molar-refractivity contribution in [3.8, 4) is 17.2 Å².